The van der Waals surface area contributed by atoms with Crippen molar-refractivity contribution in [2.24, 2.45) is 11.7 Å². The summed E-state index contributed by atoms with van der Waals surface area (Å²) in [6.07, 6.45) is 2.19. The summed E-state index contributed by atoms with van der Waals surface area (Å²) in [7, 11) is 0. The quantitative estimate of drug-likeness (QED) is 0.748. The predicted molar refractivity (Wildman–Crippen MR) is 55.9 cm³/mol. The smallest absolute Gasteiger partial charge is 0.113 e. The van der Waals surface area contributed by atoms with Gasteiger partial charge in [-0.05, 0) is 32.6 Å². The SMILES string of the molecule is Cc1nc(C2(N)CC(C)C2)sc1C. The van der Waals surface area contributed by atoms with E-state index in [1.165, 1.54) is 4.88 Å². The number of hydrogen-bond acceptors (Lipinski definition) is 3. The summed E-state index contributed by atoms with van der Waals surface area (Å²) in [5.41, 5.74) is 7.29. The minimum atomic E-state index is -0.0941. The molecule has 72 valence electrons. The zero-order chi connectivity index (χ0) is 9.64. The van der Waals surface area contributed by atoms with Crippen molar-refractivity contribution in [3.8, 4) is 0 Å². The van der Waals surface area contributed by atoms with Crippen molar-refractivity contribution in [1.29, 1.82) is 0 Å². The van der Waals surface area contributed by atoms with Gasteiger partial charge >= 0.3 is 0 Å². The summed E-state index contributed by atoms with van der Waals surface area (Å²) >= 11 is 1.76. The first-order valence-electron chi connectivity index (χ1n) is 4.75. The molecule has 1 aliphatic carbocycles. The Kier molecular flexibility index (Phi) is 1.96. The Balaban J connectivity index is 2.26. The topological polar surface area (TPSA) is 38.9 Å². The summed E-state index contributed by atoms with van der Waals surface area (Å²) < 4.78 is 0. The maximum absolute atomic E-state index is 6.24. The molecule has 0 spiro atoms. The Morgan fingerprint density at radius 1 is 1.46 bits per heavy atom. The number of rotatable bonds is 1. The van der Waals surface area contributed by atoms with E-state index < -0.39 is 0 Å². The van der Waals surface area contributed by atoms with Gasteiger partial charge in [-0.3, -0.25) is 0 Å². The summed E-state index contributed by atoms with van der Waals surface area (Å²) in [5.74, 6) is 0.773. The molecule has 1 aromatic rings. The zero-order valence-corrected chi connectivity index (χ0v) is 9.24. The van der Waals surface area contributed by atoms with Gasteiger partial charge in [-0.25, -0.2) is 4.98 Å². The van der Waals surface area contributed by atoms with Crippen LogP contribution in [-0.4, -0.2) is 4.98 Å². The number of hydrogen-bond donors (Lipinski definition) is 1. The molecule has 1 aliphatic rings. The van der Waals surface area contributed by atoms with E-state index in [1.54, 1.807) is 11.3 Å². The van der Waals surface area contributed by atoms with Crippen molar-refractivity contribution >= 4 is 11.3 Å². The summed E-state index contributed by atoms with van der Waals surface area (Å²) in [5, 5.41) is 1.14. The van der Waals surface area contributed by atoms with Crippen LogP contribution in [0.15, 0.2) is 0 Å². The molecule has 3 heteroatoms. The highest BCUT2D eigenvalue weighted by Crippen LogP contribution is 2.44. The largest absolute Gasteiger partial charge is 0.319 e. The number of thiazole rings is 1. The van der Waals surface area contributed by atoms with Gasteiger partial charge in [-0.2, -0.15) is 0 Å². The third-order valence-electron chi connectivity index (χ3n) is 2.88. The van der Waals surface area contributed by atoms with Gasteiger partial charge in [-0.1, -0.05) is 6.92 Å². The highest BCUT2D eigenvalue weighted by Gasteiger charge is 2.42. The number of aryl methyl sites for hydroxylation is 2. The second-order valence-corrected chi connectivity index (χ2v) is 5.53. The Labute approximate surface area is 83.2 Å². The molecule has 1 aromatic heterocycles. The fraction of sp³-hybridized carbons (Fsp3) is 0.700. The fourth-order valence-electron chi connectivity index (χ4n) is 2.04. The van der Waals surface area contributed by atoms with Gasteiger partial charge in [0.2, 0.25) is 0 Å². The standard InChI is InChI=1S/C10H16N2S/c1-6-4-10(11,5-6)9-12-7(2)8(3)13-9/h6H,4-5,11H2,1-3H3. The molecule has 1 heterocycles. The first kappa shape index (κ1) is 9.16. The third kappa shape index (κ3) is 1.40. The molecular formula is C10H16N2S. The van der Waals surface area contributed by atoms with Crippen LogP contribution in [0.4, 0.5) is 0 Å². The molecule has 0 saturated heterocycles. The van der Waals surface area contributed by atoms with E-state index in [-0.39, 0.29) is 5.54 Å². The summed E-state index contributed by atoms with van der Waals surface area (Å²) in [6.45, 7) is 6.42. The molecule has 2 nitrogen and oxygen atoms in total. The highest BCUT2D eigenvalue weighted by atomic mass is 32.1. The summed E-state index contributed by atoms with van der Waals surface area (Å²) in [4.78, 5) is 5.84. The molecular weight excluding hydrogens is 180 g/mol. The second kappa shape index (κ2) is 2.79. The Bertz CT molecular complexity index is 304. The second-order valence-electron chi connectivity index (χ2n) is 4.33. The minimum absolute atomic E-state index is 0.0941. The third-order valence-corrected chi connectivity index (χ3v) is 4.17. The van der Waals surface area contributed by atoms with Gasteiger partial charge < -0.3 is 5.73 Å². The van der Waals surface area contributed by atoms with E-state index in [0.717, 1.165) is 29.5 Å². The number of nitrogens with zero attached hydrogens (tertiary/aromatic N) is 1. The maximum Gasteiger partial charge on any atom is 0.113 e. The molecule has 0 aromatic carbocycles. The van der Waals surface area contributed by atoms with Crippen molar-refractivity contribution in [2.45, 2.75) is 39.2 Å². The number of aromatic nitrogens is 1. The van der Waals surface area contributed by atoms with Crippen LogP contribution in [0.1, 0.15) is 35.3 Å². The van der Waals surface area contributed by atoms with Crippen molar-refractivity contribution in [2.75, 3.05) is 0 Å². The van der Waals surface area contributed by atoms with Crippen LogP contribution in [0.3, 0.4) is 0 Å². The lowest BCUT2D eigenvalue weighted by atomic mass is 9.70. The molecule has 1 fully saturated rings. The first-order chi connectivity index (χ1) is 6.01. The van der Waals surface area contributed by atoms with Gasteiger partial charge in [-0.15, -0.1) is 11.3 Å². The highest BCUT2D eigenvalue weighted by molar-refractivity contribution is 7.11. The molecule has 0 unspecified atom stereocenters. The molecule has 0 bridgehead atoms. The average molecular weight is 196 g/mol. The summed E-state index contributed by atoms with van der Waals surface area (Å²) in [6, 6.07) is 0. The van der Waals surface area contributed by atoms with Crippen LogP contribution in [-0.2, 0) is 5.54 Å². The molecule has 0 atom stereocenters. The lowest BCUT2D eigenvalue weighted by molar-refractivity contribution is 0.163. The lowest BCUT2D eigenvalue weighted by Crippen LogP contribution is -2.47. The van der Waals surface area contributed by atoms with Crippen LogP contribution in [0.2, 0.25) is 0 Å². The molecule has 0 radical (unpaired) electrons. The van der Waals surface area contributed by atoms with E-state index in [0.29, 0.717) is 0 Å². The van der Waals surface area contributed by atoms with Crippen LogP contribution in [0.25, 0.3) is 0 Å². The number of nitrogens with two attached hydrogens (primary N) is 1. The molecule has 0 aliphatic heterocycles. The average Bonchev–Trinajstić information content (AvgIpc) is 2.30. The Morgan fingerprint density at radius 3 is 2.46 bits per heavy atom. The molecule has 2 N–H and O–H groups in total. The van der Waals surface area contributed by atoms with Crippen molar-refractivity contribution in [1.82, 2.24) is 4.98 Å². The minimum Gasteiger partial charge on any atom is -0.319 e. The molecule has 2 rings (SSSR count). The lowest BCUT2D eigenvalue weighted by Gasteiger charge is -2.41. The monoisotopic (exact) mass is 196 g/mol. The molecule has 1 saturated carbocycles. The van der Waals surface area contributed by atoms with Crippen molar-refractivity contribution < 1.29 is 0 Å². The van der Waals surface area contributed by atoms with Gasteiger partial charge in [0.1, 0.15) is 5.01 Å². The van der Waals surface area contributed by atoms with Gasteiger partial charge in [0, 0.05) is 4.88 Å². The Hall–Kier alpha value is -0.410. The van der Waals surface area contributed by atoms with Gasteiger partial charge in [0.25, 0.3) is 0 Å². The van der Waals surface area contributed by atoms with Crippen LogP contribution in [0, 0.1) is 19.8 Å². The van der Waals surface area contributed by atoms with Crippen LogP contribution < -0.4 is 5.73 Å². The molecule has 13 heavy (non-hydrogen) atoms. The van der Waals surface area contributed by atoms with Gasteiger partial charge in [0.15, 0.2) is 0 Å². The fourth-order valence-corrected chi connectivity index (χ4v) is 3.08. The van der Waals surface area contributed by atoms with E-state index in [9.17, 15) is 0 Å². The van der Waals surface area contributed by atoms with Gasteiger partial charge in [0.05, 0.1) is 11.2 Å². The van der Waals surface area contributed by atoms with E-state index in [2.05, 4.69) is 25.8 Å². The van der Waals surface area contributed by atoms with Crippen molar-refractivity contribution in [3.05, 3.63) is 15.6 Å². The van der Waals surface area contributed by atoms with Crippen LogP contribution >= 0.6 is 11.3 Å². The predicted octanol–water partition coefficient (Wildman–Crippen LogP) is 2.34. The zero-order valence-electron chi connectivity index (χ0n) is 8.42. The maximum atomic E-state index is 6.24. The Morgan fingerprint density at radius 2 is 2.08 bits per heavy atom. The van der Waals surface area contributed by atoms with E-state index in [4.69, 9.17) is 5.73 Å². The van der Waals surface area contributed by atoms with E-state index in [1.807, 2.05) is 0 Å². The van der Waals surface area contributed by atoms with E-state index >= 15 is 0 Å². The van der Waals surface area contributed by atoms with Crippen LogP contribution in [0.5, 0.6) is 0 Å². The first-order valence-corrected chi connectivity index (χ1v) is 5.56. The normalized spacial score (nSPS) is 33.1. The molecule has 0 amide bonds. The van der Waals surface area contributed by atoms with Crippen molar-refractivity contribution in [3.63, 3.8) is 0 Å².